The average molecular weight is 538 g/mol. The van der Waals surface area contributed by atoms with E-state index >= 15 is 0 Å². The molecule has 0 saturated carbocycles. The number of carbonyl (C=O) groups excluding carboxylic acids is 1. The molecule has 5 nitrogen and oxygen atoms in total. The maximum Gasteiger partial charge on any atom is 1.00 e. The second-order valence-corrected chi connectivity index (χ2v) is 5.60. The maximum atomic E-state index is 14.0. The van der Waals surface area contributed by atoms with Crippen molar-refractivity contribution in [1.29, 1.82) is 0 Å². The zero-order valence-electron chi connectivity index (χ0n) is 16.3. The van der Waals surface area contributed by atoms with Crippen molar-refractivity contribution in [1.82, 2.24) is 0 Å². The molecule has 1 atom stereocenters. The second-order valence-electron chi connectivity index (χ2n) is 5.60. The van der Waals surface area contributed by atoms with E-state index in [-0.39, 0.29) is 36.7 Å². The van der Waals surface area contributed by atoms with Crippen molar-refractivity contribution in [3.63, 3.8) is 0 Å². The summed E-state index contributed by atoms with van der Waals surface area (Å²) in [5.74, 6) is -18.3. The van der Waals surface area contributed by atoms with Gasteiger partial charge in [-0.3, -0.25) is 4.74 Å². The molecule has 1 unspecified atom stereocenters. The van der Waals surface area contributed by atoms with Gasteiger partial charge in [0.25, 0.3) is 0 Å². The first kappa shape index (κ1) is 32.5. The van der Waals surface area contributed by atoms with Crippen LogP contribution in [0, 0.1) is 6.36 Å². The van der Waals surface area contributed by atoms with E-state index in [1.807, 2.05) is 4.74 Å². The molecule has 0 heterocycles. The Hall–Kier alpha value is -1.50. The summed E-state index contributed by atoms with van der Waals surface area (Å²) in [6.07, 6.45) is -31.5. The van der Waals surface area contributed by atoms with E-state index in [1.165, 1.54) is 6.07 Å². The van der Waals surface area contributed by atoms with Crippen molar-refractivity contribution in [3.8, 4) is 5.75 Å². The number of hydrogen-bond donors (Lipinski definition) is 0. The molecule has 0 fully saturated rings. The van der Waals surface area contributed by atoms with Gasteiger partial charge in [0.15, 0.2) is 0 Å². The first-order chi connectivity index (χ1) is 14.6. The predicted molar refractivity (Wildman–Crippen MR) is 75.3 cm³/mol. The van der Waals surface area contributed by atoms with Crippen molar-refractivity contribution < 1.29 is 110 Å². The number of halogens is 13. The van der Waals surface area contributed by atoms with Crippen molar-refractivity contribution in [3.05, 3.63) is 36.7 Å². The minimum absolute atomic E-state index is 0. The molecule has 0 radical (unpaired) electrons. The van der Waals surface area contributed by atoms with Crippen LogP contribution in [-0.4, -0.2) is 49.4 Å². The number of carbonyl (C=O) groups is 1. The van der Waals surface area contributed by atoms with E-state index in [2.05, 4.69) is 14.2 Å². The summed E-state index contributed by atoms with van der Waals surface area (Å²) in [4.78, 5) is 10.6. The van der Waals surface area contributed by atoms with Crippen LogP contribution in [0.5, 0.6) is 5.75 Å². The fourth-order valence-electron chi connectivity index (χ4n) is 1.68. The third-order valence-electron chi connectivity index (χ3n) is 3.25. The van der Waals surface area contributed by atoms with Crippen LogP contribution < -0.4 is 34.3 Å². The topological polar surface area (TPSA) is 54.0 Å². The zero-order chi connectivity index (χ0) is 26.1. The molecule has 1 aromatic carbocycles. The Morgan fingerprint density at radius 2 is 1.29 bits per heavy atom. The quantitative estimate of drug-likeness (QED) is 0.198. The normalized spacial score (nSPS) is 15.4. The Kier molecular flexibility index (Phi) is 10.2. The molecular weight excluding hydrogens is 530 g/mol. The molecule has 34 heavy (non-hydrogen) atoms. The molecule has 1 rings (SSSR count). The summed E-state index contributed by atoms with van der Waals surface area (Å²) in [6, 6.07) is 4.47. The van der Waals surface area contributed by atoms with Crippen LogP contribution >= 0.6 is 0 Å². The molecule has 0 bridgehead atoms. The van der Waals surface area contributed by atoms with Crippen LogP contribution in [0.3, 0.4) is 0 Å². The van der Waals surface area contributed by atoms with E-state index in [1.54, 1.807) is 0 Å². The monoisotopic (exact) mass is 538 g/mol. The van der Waals surface area contributed by atoms with Gasteiger partial charge >= 0.3 is 71.8 Å². The predicted octanol–water partition coefficient (Wildman–Crippen LogP) is 2.38. The summed E-state index contributed by atoms with van der Waals surface area (Å²) in [6.45, 7) is 0. The van der Waals surface area contributed by atoms with Crippen LogP contribution in [0.2, 0.25) is 0 Å². The number of hydrogen-bond acceptors (Lipinski definition) is 5. The summed E-state index contributed by atoms with van der Waals surface area (Å²) in [7, 11) is -0.00432. The van der Waals surface area contributed by atoms with Crippen LogP contribution in [-0.2, 0) is 19.0 Å². The third-order valence-corrected chi connectivity index (χ3v) is 3.25. The van der Waals surface area contributed by atoms with Gasteiger partial charge in [0, 0.05) is 0 Å². The van der Waals surface area contributed by atoms with Crippen molar-refractivity contribution in [2.24, 2.45) is 0 Å². The Balaban J connectivity index is 0.0000109. The molecule has 0 N–H and O–H groups in total. The Bertz CT molecular complexity index is 821. The number of alkyl halides is 12. The van der Waals surface area contributed by atoms with E-state index in [0.717, 1.165) is 12.1 Å². The zero-order valence-corrected chi connectivity index (χ0v) is 18.3. The third kappa shape index (κ3) is 6.58. The van der Waals surface area contributed by atoms with Gasteiger partial charge in [-0.2, -0.15) is 52.7 Å². The van der Waals surface area contributed by atoms with E-state index in [0.29, 0.717) is 12.1 Å². The summed E-state index contributed by atoms with van der Waals surface area (Å²) in [5.41, 5.74) is 0. The van der Waals surface area contributed by atoms with Crippen molar-refractivity contribution in [2.75, 3.05) is 7.11 Å². The molecule has 0 aliphatic rings. The maximum absolute atomic E-state index is 14.0. The molecule has 0 aliphatic heterocycles. The summed E-state index contributed by atoms with van der Waals surface area (Å²) < 4.78 is 184. The Morgan fingerprint density at radius 1 is 0.824 bits per heavy atom. The van der Waals surface area contributed by atoms with Crippen LogP contribution in [0.4, 0.5) is 57.1 Å². The fourth-order valence-corrected chi connectivity index (χ4v) is 1.68. The van der Waals surface area contributed by atoms with Gasteiger partial charge < -0.3 is 18.6 Å². The summed E-state index contributed by atoms with van der Waals surface area (Å²) >= 11 is 0. The van der Waals surface area contributed by atoms with Crippen LogP contribution in [0.1, 0.15) is 0 Å². The average Bonchev–Trinajstić information content (AvgIpc) is 2.65. The van der Waals surface area contributed by atoms with E-state index in [9.17, 15) is 61.9 Å². The number of esters is 1. The van der Waals surface area contributed by atoms with Gasteiger partial charge in [-0.05, 0) is 12.1 Å². The number of ether oxygens (including phenoxy) is 4. The number of para-hydroxylation sites is 1. The van der Waals surface area contributed by atoms with E-state index < -0.39 is 54.4 Å². The first-order valence-corrected chi connectivity index (χ1v) is 7.66. The van der Waals surface area contributed by atoms with Gasteiger partial charge in [0.1, 0.15) is 5.75 Å². The minimum atomic E-state index is -7.47. The molecule has 0 saturated heterocycles. The SMILES string of the molecule is COC(=O)C(F)(F)C(F)(F)OC(F)(C(F)(F)F)C(F)(F)O[C-](F)C(F)(F)Oc1ccccc1.[Na+]. The van der Waals surface area contributed by atoms with E-state index in [4.69, 9.17) is 0 Å². The first-order valence-electron chi connectivity index (χ1n) is 7.66. The van der Waals surface area contributed by atoms with Gasteiger partial charge in [-0.25, -0.2) is 4.79 Å². The second kappa shape index (κ2) is 10.6. The fraction of sp³-hybridized carbons (Fsp3) is 0.467. The van der Waals surface area contributed by atoms with Crippen LogP contribution in [0.15, 0.2) is 30.3 Å². The van der Waals surface area contributed by atoms with Crippen molar-refractivity contribution >= 4 is 5.97 Å². The molecule has 0 amide bonds. The van der Waals surface area contributed by atoms with Gasteiger partial charge in [-0.15, -0.1) is 0 Å². The van der Waals surface area contributed by atoms with Gasteiger partial charge in [-0.1, -0.05) is 18.2 Å². The van der Waals surface area contributed by atoms with Crippen LogP contribution in [0.25, 0.3) is 0 Å². The van der Waals surface area contributed by atoms with Gasteiger partial charge in [0.2, 0.25) is 0 Å². The molecule has 1 aromatic rings. The Morgan fingerprint density at radius 3 is 1.71 bits per heavy atom. The molecule has 0 spiro atoms. The standard InChI is InChI=1S/C15H8F13O5.Na/c1-30-9(29)10(17,18)14(25,26)33-12(21,13(22,23)24)15(27,28)32-8(16)11(19,20)31-7-5-3-2-4-6-7;/h2-6H,1H3;/q-1;+1. The minimum Gasteiger partial charge on any atom is -0.464 e. The number of methoxy groups -OCH3 is 1. The Labute approximate surface area is 202 Å². The molecule has 19 heteroatoms. The molecule has 0 aromatic heterocycles. The molecule has 0 aliphatic carbocycles. The molecule has 190 valence electrons. The largest absolute Gasteiger partial charge is 1.00 e. The number of rotatable bonds is 10. The van der Waals surface area contributed by atoms with Gasteiger partial charge in [0.05, 0.1) is 13.5 Å². The number of benzene rings is 1. The van der Waals surface area contributed by atoms with Crippen molar-refractivity contribution in [2.45, 2.75) is 36.3 Å². The smallest absolute Gasteiger partial charge is 0.464 e. The summed E-state index contributed by atoms with van der Waals surface area (Å²) in [5, 5.41) is 0. The molecular formula is C15H8F13NaO5.